The van der Waals surface area contributed by atoms with E-state index in [1.807, 2.05) is 0 Å². The molecule has 0 saturated heterocycles. The first kappa shape index (κ1) is 17.8. The molecule has 0 aliphatic rings. The average molecular weight is 288 g/mol. The van der Waals surface area contributed by atoms with Gasteiger partial charge >= 0.3 is 5.97 Å². The van der Waals surface area contributed by atoms with Gasteiger partial charge < -0.3 is 27.2 Å². The lowest BCUT2D eigenvalue weighted by Crippen LogP contribution is -2.50. The van der Waals surface area contributed by atoms with Gasteiger partial charge in [-0.05, 0) is 20.3 Å². The van der Waals surface area contributed by atoms with Crippen LogP contribution in [0.3, 0.4) is 0 Å². The Kier molecular flexibility index (Phi) is 7.22. The predicted molar refractivity (Wildman–Crippen MR) is 69.2 cm³/mol. The van der Waals surface area contributed by atoms with Gasteiger partial charge in [-0.1, -0.05) is 0 Å². The van der Waals surface area contributed by atoms with Crippen molar-refractivity contribution in [3.63, 3.8) is 0 Å². The van der Waals surface area contributed by atoms with E-state index in [2.05, 4.69) is 10.6 Å². The zero-order chi connectivity index (χ0) is 15.9. The van der Waals surface area contributed by atoms with E-state index in [1.165, 1.54) is 13.8 Å². The zero-order valence-corrected chi connectivity index (χ0v) is 11.4. The summed E-state index contributed by atoms with van der Waals surface area (Å²) < 4.78 is 0. The zero-order valence-electron chi connectivity index (χ0n) is 11.4. The molecule has 0 fully saturated rings. The van der Waals surface area contributed by atoms with Crippen molar-refractivity contribution in [1.29, 1.82) is 0 Å². The van der Waals surface area contributed by atoms with Gasteiger partial charge in [0.1, 0.15) is 12.1 Å². The predicted octanol–water partition coefficient (Wildman–Crippen LogP) is -2.33. The molecule has 9 heteroatoms. The highest BCUT2D eigenvalue weighted by atomic mass is 16.4. The van der Waals surface area contributed by atoms with E-state index >= 15 is 0 Å². The topological polar surface area (TPSA) is 165 Å². The molecule has 0 unspecified atom stereocenters. The summed E-state index contributed by atoms with van der Waals surface area (Å²) in [7, 11) is 0. The number of carbonyl (C=O) groups is 4. The van der Waals surface area contributed by atoms with Gasteiger partial charge in [0.05, 0.1) is 6.04 Å². The molecule has 9 nitrogen and oxygen atoms in total. The molecule has 3 amide bonds. The van der Waals surface area contributed by atoms with Crippen LogP contribution in [0.2, 0.25) is 0 Å². The van der Waals surface area contributed by atoms with E-state index in [-0.39, 0.29) is 12.8 Å². The number of nitrogens with one attached hydrogen (secondary N) is 2. The van der Waals surface area contributed by atoms with Crippen molar-refractivity contribution >= 4 is 23.7 Å². The van der Waals surface area contributed by atoms with Crippen LogP contribution in [0.5, 0.6) is 0 Å². The SMILES string of the molecule is C[C@H](N)C(=O)N[C@H](CCC(=O)N[C@H](C)C(=O)O)C(N)=O. The summed E-state index contributed by atoms with van der Waals surface area (Å²) in [5.41, 5.74) is 10.4. The molecule has 3 atom stereocenters. The highest BCUT2D eigenvalue weighted by Gasteiger charge is 2.21. The van der Waals surface area contributed by atoms with Crippen molar-refractivity contribution in [1.82, 2.24) is 10.6 Å². The van der Waals surface area contributed by atoms with Crippen molar-refractivity contribution in [3.05, 3.63) is 0 Å². The van der Waals surface area contributed by atoms with Gasteiger partial charge in [0, 0.05) is 6.42 Å². The van der Waals surface area contributed by atoms with E-state index in [0.29, 0.717) is 0 Å². The van der Waals surface area contributed by atoms with Crippen LogP contribution in [0.25, 0.3) is 0 Å². The largest absolute Gasteiger partial charge is 0.480 e. The van der Waals surface area contributed by atoms with E-state index in [9.17, 15) is 19.2 Å². The quantitative estimate of drug-likeness (QED) is 0.336. The van der Waals surface area contributed by atoms with Crippen LogP contribution in [0, 0.1) is 0 Å². The molecule has 0 saturated carbocycles. The van der Waals surface area contributed by atoms with Crippen LogP contribution >= 0.6 is 0 Å². The van der Waals surface area contributed by atoms with Crippen molar-refractivity contribution in [2.24, 2.45) is 11.5 Å². The molecule has 7 N–H and O–H groups in total. The summed E-state index contributed by atoms with van der Waals surface area (Å²) >= 11 is 0. The highest BCUT2D eigenvalue weighted by molar-refractivity contribution is 5.89. The molecule has 0 bridgehead atoms. The van der Waals surface area contributed by atoms with Gasteiger partial charge in [0.2, 0.25) is 17.7 Å². The Bertz CT molecular complexity index is 396. The number of carbonyl (C=O) groups excluding carboxylic acids is 3. The second kappa shape index (κ2) is 8.10. The van der Waals surface area contributed by atoms with Gasteiger partial charge in [0.15, 0.2) is 0 Å². The van der Waals surface area contributed by atoms with E-state index < -0.39 is 41.8 Å². The van der Waals surface area contributed by atoms with Crippen LogP contribution in [-0.4, -0.2) is 46.9 Å². The van der Waals surface area contributed by atoms with Crippen molar-refractivity contribution in [2.75, 3.05) is 0 Å². The summed E-state index contributed by atoms with van der Waals surface area (Å²) in [4.78, 5) is 44.5. The second-order valence-corrected chi connectivity index (χ2v) is 4.42. The molecular weight excluding hydrogens is 268 g/mol. The molecule has 0 radical (unpaired) electrons. The number of aliphatic carboxylic acids is 1. The van der Waals surface area contributed by atoms with E-state index in [4.69, 9.17) is 16.6 Å². The normalized spacial score (nSPS) is 14.8. The maximum atomic E-state index is 11.4. The Morgan fingerprint density at radius 1 is 1.15 bits per heavy atom. The molecule has 114 valence electrons. The van der Waals surface area contributed by atoms with Crippen molar-refractivity contribution < 1.29 is 24.3 Å². The lowest BCUT2D eigenvalue weighted by atomic mass is 10.1. The second-order valence-electron chi connectivity index (χ2n) is 4.42. The molecule has 0 aromatic heterocycles. The van der Waals surface area contributed by atoms with E-state index in [1.54, 1.807) is 0 Å². The van der Waals surface area contributed by atoms with Gasteiger partial charge in [-0.25, -0.2) is 0 Å². The Morgan fingerprint density at radius 2 is 1.70 bits per heavy atom. The van der Waals surface area contributed by atoms with Crippen LogP contribution in [0.4, 0.5) is 0 Å². The third-order valence-electron chi connectivity index (χ3n) is 2.48. The molecule has 0 aliphatic heterocycles. The number of carboxylic acids is 1. The van der Waals surface area contributed by atoms with Crippen LogP contribution in [0.1, 0.15) is 26.7 Å². The molecule has 0 rings (SSSR count). The molecule has 0 aliphatic carbocycles. The molecule has 0 heterocycles. The summed E-state index contributed by atoms with van der Waals surface area (Å²) in [6.07, 6.45) is -0.184. The minimum absolute atomic E-state index is 0.0357. The number of amides is 3. The summed E-state index contributed by atoms with van der Waals surface area (Å²) in [5, 5.41) is 13.2. The Balaban J connectivity index is 4.35. The van der Waals surface area contributed by atoms with Gasteiger partial charge in [-0.2, -0.15) is 0 Å². The fourth-order valence-electron chi connectivity index (χ4n) is 1.24. The standard InChI is InChI=1S/C11H20N4O5/c1-5(12)10(18)15-7(9(13)17)3-4-8(16)14-6(2)11(19)20/h5-7H,3-4,12H2,1-2H3,(H2,13,17)(H,14,16)(H,15,18)(H,19,20)/t5-,6+,7+/m0/s1. The minimum atomic E-state index is -1.17. The van der Waals surface area contributed by atoms with Gasteiger partial charge in [-0.3, -0.25) is 19.2 Å². The van der Waals surface area contributed by atoms with Gasteiger partial charge in [-0.15, -0.1) is 0 Å². The van der Waals surface area contributed by atoms with Crippen molar-refractivity contribution in [3.8, 4) is 0 Å². The monoisotopic (exact) mass is 288 g/mol. The molecule has 20 heavy (non-hydrogen) atoms. The fraction of sp³-hybridized carbons (Fsp3) is 0.636. The van der Waals surface area contributed by atoms with Crippen LogP contribution in [-0.2, 0) is 19.2 Å². The van der Waals surface area contributed by atoms with Crippen LogP contribution in [0.15, 0.2) is 0 Å². The molecule has 0 spiro atoms. The molecule has 0 aromatic rings. The first-order valence-corrected chi connectivity index (χ1v) is 6.02. The lowest BCUT2D eigenvalue weighted by Gasteiger charge is -2.17. The number of rotatable bonds is 8. The number of nitrogens with two attached hydrogens (primary N) is 2. The Labute approximate surface area is 116 Å². The number of primary amides is 1. The first-order chi connectivity index (χ1) is 9.15. The highest BCUT2D eigenvalue weighted by Crippen LogP contribution is 1.99. The first-order valence-electron chi connectivity index (χ1n) is 6.02. The number of hydrogen-bond acceptors (Lipinski definition) is 5. The van der Waals surface area contributed by atoms with Crippen LogP contribution < -0.4 is 22.1 Å². The van der Waals surface area contributed by atoms with Crippen molar-refractivity contribution in [2.45, 2.75) is 44.8 Å². The summed E-state index contributed by atoms with van der Waals surface area (Å²) in [6.45, 7) is 2.75. The lowest BCUT2D eigenvalue weighted by molar-refractivity contribution is -0.141. The fourth-order valence-corrected chi connectivity index (χ4v) is 1.24. The van der Waals surface area contributed by atoms with Gasteiger partial charge in [0.25, 0.3) is 0 Å². The van der Waals surface area contributed by atoms with E-state index in [0.717, 1.165) is 0 Å². The average Bonchev–Trinajstić information content (AvgIpc) is 2.33. The Morgan fingerprint density at radius 3 is 2.10 bits per heavy atom. The summed E-state index contributed by atoms with van der Waals surface area (Å²) in [5.74, 6) is -3.08. The minimum Gasteiger partial charge on any atom is -0.480 e. The number of carboxylic acid groups (broad SMARTS) is 1. The molecular formula is C11H20N4O5. The number of hydrogen-bond donors (Lipinski definition) is 5. The Hall–Kier alpha value is -2.16. The third-order valence-corrected chi connectivity index (χ3v) is 2.48. The summed E-state index contributed by atoms with van der Waals surface area (Å²) in [6, 6.07) is -2.87. The molecule has 0 aromatic carbocycles. The maximum Gasteiger partial charge on any atom is 0.325 e. The smallest absolute Gasteiger partial charge is 0.325 e. The maximum absolute atomic E-state index is 11.4. The third kappa shape index (κ3) is 6.69.